The van der Waals surface area contributed by atoms with E-state index >= 15 is 0 Å². The number of rotatable bonds is 4. The Bertz CT molecular complexity index is 423. The number of hydrogen-bond acceptors (Lipinski definition) is 3. The Morgan fingerprint density at radius 1 is 1.41 bits per heavy atom. The molecule has 94 valence electrons. The summed E-state index contributed by atoms with van der Waals surface area (Å²) in [6.07, 6.45) is 0. The fraction of sp³-hybridized carbons (Fsp3) is 0.364. The van der Waals surface area contributed by atoms with Crippen molar-refractivity contribution in [2.75, 3.05) is 12.3 Å². The van der Waals surface area contributed by atoms with Crippen LogP contribution in [0.15, 0.2) is 12.1 Å². The molecule has 0 unspecified atom stereocenters. The van der Waals surface area contributed by atoms with Gasteiger partial charge in [-0.1, -0.05) is 23.2 Å². The minimum Gasteiger partial charge on any atom is -0.489 e. The van der Waals surface area contributed by atoms with Crippen molar-refractivity contribution in [2.24, 2.45) is 5.41 Å². The van der Waals surface area contributed by atoms with E-state index in [0.29, 0.717) is 5.69 Å². The monoisotopic (exact) mass is 277 g/mol. The number of aliphatic carboxylic acids is 1. The van der Waals surface area contributed by atoms with E-state index in [1.807, 2.05) is 0 Å². The van der Waals surface area contributed by atoms with Crippen LogP contribution in [0.2, 0.25) is 10.0 Å². The summed E-state index contributed by atoms with van der Waals surface area (Å²) in [7, 11) is 0. The summed E-state index contributed by atoms with van der Waals surface area (Å²) in [6.45, 7) is 3.06. The zero-order valence-electron chi connectivity index (χ0n) is 9.46. The van der Waals surface area contributed by atoms with Gasteiger partial charge in [-0.3, -0.25) is 4.79 Å². The minimum atomic E-state index is -1.02. The summed E-state index contributed by atoms with van der Waals surface area (Å²) in [5, 5.41) is 9.46. The second kappa shape index (κ2) is 5.02. The minimum absolute atomic E-state index is 0.0360. The Morgan fingerprint density at radius 2 is 1.88 bits per heavy atom. The van der Waals surface area contributed by atoms with E-state index in [1.54, 1.807) is 13.8 Å². The van der Waals surface area contributed by atoms with E-state index < -0.39 is 11.4 Å². The first-order chi connectivity index (χ1) is 7.74. The van der Waals surface area contributed by atoms with Gasteiger partial charge >= 0.3 is 5.97 Å². The second-order valence-electron chi connectivity index (χ2n) is 4.29. The Balaban J connectivity index is 2.87. The SMILES string of the molecule is CC(C)(COc1c(Cl)cc(N)cc1Cl)C(=O)O. The standard InChI is InChI=1S/C11H13Cl2NO3/c1-11(2,10(15)16)5-17-9-7(12)3-6(14)4-8(9)13/h3-4H,5,14H2,1-2H3,(H,15,16). The number of carboxylic acid groups (broad SMARTS) is 1. The van der Waals surface area contributed by atoms with Gasteiger partial charge in [-0.25, -0.2) is 0 Å². The zero-order valence-corrected chi connectivity index (χ0v) is 11.0. The summed E-state index contributed by atoms with van der Waals surface area (Å²) in [5.41, 5.74) is 4.94. The van der Waals surface area contributed by atoms with Crippen LogP contribution >= 0.6 is 23.2 Å². The van der Waals surface area contributed by atoms with Crippen molar-refractivity contribution in [1.29, 1.82) is 0 Å². The molecule has 0 radical (unpaired) electrons. The van der Waals surface area contributed by atoms with Gasteiger partial charge in [0.15, 0.2) is 5.75 Å². The summed E-state index contributed by atoms with van der Waals surface area (Å²) in [4.78, 5) is 10.9. The number of anilines is 1. The van der Waals surface area contributed by atoms with Crippen LogP contribution in [0.4, 0.5) is 5.69 Å². The van der Waals surface area contributed by atoms with Gasteiger partial charge in [-0.15, -0.1) is 0 Å². The quantitative estimate of drug-likeness (QED) is 0.830. The van der Waals surface area contributed by atoms with Gasteiger partial charge < -0.3 is 15.6 Å². The van der Waals surface area contributed by atoms with Crippen LogP contribution in [0.3, 0.4) is 0 Å². The molecule has 3 N–H and O–H groups in total. The van der Waals surface area contributed by atoms with Crippen LogP contribution in [0.1, 0.15) is 13.8 Å². The van der Waals surface area contributed by atoms with E-state index in [2.05, 4.69) is 0 Å². The largest absolute Gasteiger partial charge is 0.489 e. The molecule has 0 aliphatic rings. The maximum absolute atomic E-state index is 10.9. The fourth-order valence-corrected chi connectivity index (χ4v) is 1.64. The van der Waals surface area contributed by atoms with E-state index in [4.69, 9.17) is 38.8 Å². The van der Waals surface area contributed by atoms with Crippen molar-refractivity contribution >= 4 is 34.9 Å². The maximum Gasteiger partial charge on any atom is 0.312 e. The Kier molecular flexibility index (Phi) is 4.11. The molecule has 0 aromatic heterocycles. The molecule has 0 saturated carbocycles. The van der Waals surface area contributed by atoms with E-state index in [-0.39, 0.29) is 22.4 Å². The number of ether oxygens (including phenoxy) is 1. The maximum atomic E-state index is 10.9. The molecule has 6 heteroatoms. The number of hydrogen-bond donors (Lipinski definition) is 2. The van der Waals surface area contributed by atoms with E-state index in [9.17, 15) is 4.79 Å². The van der Waals surface area contributed by atoms with Crippen LogP contribution in [0.5, 0.6) is 5.75 Å². The lowest BCUT2D eigenvalue weighted by Gasteiger charge is -2.20. The fourth-order valence-electron chi connectivity index (χ4n) is 1.03. The van der Waals surface area contributed by atoms with Gasteiger partial charge in [0.05, 0.1) is 15.5 Å². The van der Waals surface area contributed by atoms with Gasteiger partial charge in [0, 0.05) is 5.69 Å². The molecule has 0 aliphatic carbocycles. The first kappa shape index (κ1) is 13.9. The molecule has 0 amide bonds. The normalized spacial score (nSPS) is 11.3. The van der Waals surface area contributed by atoms with E-state index in [1.165, 1.54) is 12.1 Å². The molecule has 0 aliphatic heterocycles. The Morgan fingerprint density at radius 3 is 2.29 bits per heavy atom. The van der Waals surface area contributed by atoms with Crippen molar-refractivity contribution in [3.63, 3.8) is 0 Å². The first-order valence-electron chi connectivity index (χ1n) is 4.85. The summed E-state index contributed by atoms with van der Waals surface area (Å²) < 4.78 is 5.35. The van der Waals surface area contributed by atoms with Crippen molar-refractivity contribution in [1.82, 2.24) is 0 Å². The predicted molar refractivity (Wildman–Crippen MR) is 67.8 cm³/mol. The topological polar surface area (TPSA) is 72.5 Å². The molecule has 1 aromatic rings. The predicted octanol–water partition coefficient (Wildman–Crippen LogP) is 3.07. The van der Waals surface area contributed by atoms with Gasteiger partial charge in [0.25, 0.3) is 0 Å². The number of nitrogen functional groups attached to an aromatic ring is 1. The van der Waals surface area contributed by atoms with Crippen LogP contribution in [0.25, 0.3) is 0 Å². The molecule has 0 spiro atoms. The van der Waals surface area contributed by atoms with E-state index in [0.717, 1.165) is 0 Å². The third-order valence-corrected chi connectivity index (χ3v) is 2.74. The van der Waals surface area contributed by atoms with Crippen LogP contribution in [0, 0.1) is 5.41 Å². The number of carbonyl (C=O) groups is 1. The van der Waals surface area contributed by atoms with Crippen LogP contribution in [-0.4, -0.2) is 17.7 Å². The average Bonchev–Trinajstić information content (AvgIpc) is 2.15. The molecule has 0 saturated heterocycles. The summed E-state index contributed by atoms with van der Waals surface area (Å²) in [6, 6.07) is 2.99. The van der Waals surface area contributed by atoms with Crippen molar-refractivity contribution in [3.8, 4) is 5.75 Å². The van der Waals surface area contributed by atoms with Crippen LogP contribution in [-0.2, 0) is 4.79 Å². The highest BCUT2D eigenvalue weighted by atomic mass is 35.5. The number of benzene rings is 1. The molecule has 0 atom stereocenters. The van der Waals surface area contributed by atoms with Crippen molar-refractivity contribution < 1.29 is 14.6 Å². The third-order valence-electron chi connectivity index (χ3n) is 2.18. The third kappa shape index (κ3) is 3.41. The zero-order chi connectivity index (χ0) is 13.2. The summed E-state index contributed by atoms with van der Waals surface area (Å²) in [5.74, 6) is -0.711. The number of carboxylic acids is 1. The molecule has 1 rings (SSSR count). The Hall–Kier alpha value is -1.13. The molecular formula is C11H13Cl2NO3. The second-order valence-corrected chi connectivity index (χ2v) is 5.11. The van der Waals surface area contributed by atoms with Crippen LogP contribution < -0.4 is 10.5 Å². The van der Waals surface area contributed by atoms with Gasteiger partial charge in [-0.05, 0) is 26.0 Å². The molecule has 4 nitrogen and oxygen atoms in total. The molecule has 17 heavy (non-hydrogen) atoms. The smallest absolute Gasteiger partial charge is 0.312 e. The molecule has 0 heterocycles. The van der Waals surface area contributed by atoms with Crippen molar-refractivity contribution in [2.45, 2.75) is 13.8 Å². The highest BCUT2D eigenvalue weighted by molar-refractivity contribution is 6.37. The van der Waals surface area contributed by atoms with Gasteiger partial charge in [-0.2, -0.15) is 0 Å². The number of nitrogens with two attached hydrogens (primary N) is 1. The highest BCUT2D eigenvalue weighted by Crippen LogP contribution is 2.36. The lowest BCUT2D eigenvalue weighted by atomic mass is 9.95. The first-order valence-corrected chi connectivity index (χ1v) is 5.60. The lowest BCUT2D eigenvalue weighted by Crippen LogP contribution is -2.30. The molecule has 1 aromatic carbocycles. The molecule has 0 fully saturated rings. The van der Waals surface area contributed by atoms with Gasteiger partial charge in [0.1, 0.15) is 6.61 Å². The molecular weight excluding hydrogens is 265 g/mol. The lowest BCUT2D eigenvalue weighted by molar-refractivity contribution is -0.148. The highest BCUT2D eigenvalue weighted by Gasteiger charge is 2.28. The summed E-state index contributed by atoms with van der Waals surface area (Å²) >= 11 is 11.8. The number of halogens is 2. The average molecular weight is 278 g/mol. The van der Waals surface area contributed by atoms with Crippen molar-refractivity contribution in [3.05, 3.63) is 22.2 Å². The van der Waals surface area contributed by atoms with Gasteiger partial charge in [0.2, 0.25) is 0 Å². The Labute approximate surface area is 109 Å². The molecule has 0 bridgehead atoms.